The van der Waals surface area contributed by atoms with Crippen LogP contribution in [-0.4, -0.2) is 9.78 Å². The number of rotatable bonds is 4. The number of halogens is 2. The van der Waals surface area contributed by atoms with Gasteiger partial charge < -0.3 is 0 Å². The number of hydrogen-bond acceptors (Lipinski definition) is 3. The minimum atomic E-state index is -0.325. The van der Waals surface area contributed by atoms with Gasteiger partial charge in [-0.25, -0.2) is 4.39 Å². The van der Waals surface area contributed by atoms with Gasteiger partial charge in [0.2, 0.25) is 0 Å². The molecule has 6 heteroatoms. The SMILES string of the molecule is Cc1c(C(Cc2ccc(Cl)cc2F)NN)cnn1C. The molecule has 1 aromatic carbocycles. The van der Waals surface area contributed by atoms with Crippen LogP contribution in [0.1, 0.15) is 22.9 Å². The molecule has 0 fully saturated rings. The third kappa shape index (κ3) is 2.94. The van der Waals surface area contributed by atoms with E-state index in [1.165, 1.54) is 6.07 Å². The molecule has 0 aliphatic carbocycles. The van der Waals surface area contributed by atoms with Crippen LogP contribution in [0.3, 0.4) is 0 Å². The van der Waals surface area contributed by atoms with Crippen LogP contribution < -0.4 is 11.3 Å². The first-order valence-electron chi connectivity index (χ1n) is 5.91. The first-order chi connectivity index (χ1) is 9.02. The van der Waals surface area contributed by atoms with Crippen molar-refractivity contribution in [1.82, 2.24) is 15.2 Å². The number of benzene rings is 1. The monoisotopic (exact) mass is 282 g/mol. The predicted octanol–water partition coefficient (Wildman–Crippen LogP) is 2.27. The molecule has 19 heavy (non-hydrogen) atoms. The standard InChI is InChI=1S/C13H16ClFN4/c1-8-11(7-17-19(8)2)13(18-16)5-9-3-4-10(14)6-12(9)15/h3-4,6-7,13,18H,5,16H2,1-2H3. The van der Waals surface area contributed by atoms with E-state index in [0.29, 0.717) is 17.0 Å². The van der Waals surface area contributed by atoms with Crippen molar-refractivity contribution in [2.45, 2.75) is 19.4 Å². The summed E-state index contributed by atoms with van der Waals surface area (Å²) in [6.45, 7) is 1.95. The Bertz CT molecular complexity index is 582. The van der Waals surface area contributed by atoms with Gasteiger partial charge in [0.05, 0.1) is 12.2 Å². The van der Waals surface area contributed by atoms with Gasteiger partial charge in [0.1, 0.15) is 5.82 Å². The highest BCUT2D eigenvalue weighted by molar-refractivity contribution is 6.30. The van der Waals surface area contributed by atoms with E-state index in [0.717, 1.165) is 11.3 Å². The molecule has 2 aromatic rings. The van der Waals surface area contributed by atoms with Crippen LogP contribution in [0, 0.1) is 12.7 Å². The number of hydrogen-bond donors (Lipinski definition) is 2. The Hall–Kier alpha value is -1.43. The highest BCUT2D eigenvalue weighted by atomic mass is 35.5. The molecule has 1 unspecified atom stereocenters. The molecular formula is C13H16ClFN4. The van der Waals surface area contributed by atoms with Gasteiger partial charge >= 0.3 is 0 Å². The highest BCUT2D eigenvalue weighted by Gasteiger charge is 2.17. The molecule has 1 aromatic heterocycles. The van der Waals surface area contributed by atoms with E-state index in [2.05, 4.69) is 10.5 Å². The van der Waals surface area contributed by atoms with Gasteiger partial charge in [-0.15, -0.1) is 0 Å². The zero-order chi connectivity index (χ0) is 14.0. The summed E-state index contributed by atoms with van der Waals surface area (Å²) in [7, 11) is 1.86. The minimum absolute atomic E-state index is 0.190. The fourth-order valence-electron chi connectivity index (χ4n) is 2.02. The van der Waals surface area contributed by atoms with Crippen molar-refractivity contribution in [2.24, 2.45) is 12.9 Å². The maximum atomic E-state index is 13.8. The maximum absolute atomic E-state index is 13.8. The van der Waals surface area contributed by atoms with Gasteiger partial charge in [-0.1, -0.05) is 17.7 Å². The average molecular weight is 283 g/mol. The van der Waals surface area contributed by atoms with E-state index in [1.807, 2.05) is 14.0 Å². The van der Waals surface area contributed by atoms with Crippen molar-refractivity contribution in [2.75, 3.05) is 0 Å². The summed E-state index contributed by atoms with van der Waals surface area (Å²) in [4.78, 5) is 0. The fraction of sp³-hybridized carbons (Fsp3) is 0.308. The number of hydrazine groups is 1. The normalized spacial score (nSPS) is 12.7. The molecule has 1 heterocycles. The van der Waals surface area contributed by atoms with Crippen LogP contribution in [0.4, 0.5) is 4.39 Å². The van der Waals surface area contributed by atoms with E-state index in [4.69, 9.17) is 17.4 Å². The first kappa shape index (κ1) is 14.0. The Labute approximate surface area is 116 Å². The van der Waals surface area contributed by atoms with Crippen molar-refractivity contribution in [3.05, 3.63) is 52.1 Å². The van der Waals surface area contributed by atoms with Gasteiger partial charge in [0, 0.05) is 23.3 Å². The fourth-order valence-corrected chi connectivity index (χ4v) is 2.18. The van der Waals surface area contributed by atoms with Crippen LogP contribution in [0.2, 0.25) is 5.02 Å². The van der Waals surface area contributed by atoms with Crippen molar-refractivity contribution < 1.29 is 4.39 Å². The molecule has 0 aliphatic rings. The smallest absolute Gasteiger partial charge is 0.127 e. The van der Waals surface area contributed by atoms with Gasteiger partial charge in [-0.2, -0.15) is 5.10 Å². The molecule has 1 atom stereocenters. The molecule has 102 valence electrons. The Morgan fingerprint density at radius 1 is 1.53 bits per heavy atom. The van der Waals surface area contributed by atoms with Gasteiger partial charge in [-0.3, -0.25) is 16.0 Å². The molecule has 0 spiro atoms. The van der Waals surface area contributed by atoms with Crippen LogP contribution in [0.15, 0.2) is 24.4 Å². The molecule has 3 N–H and O–H groups in total. The molecule has 2 rings (SSSR count). The summed E-state index contributed by atoms with van der Waals surface area (Å²) in [5, 5.41) is 4.55. The van der Waals surface area contributed by atoms with E-state index in [-0.39, 0.29) is 11.9 Å². The Morgan fingerprint density at radius 2 is 2.26 bits per heavy atom. The summed E-state index contributed by atoms with van der Waals surface area (Å²) in [5.41, 5.74) is 5.23. The predicted molar refractivity (Wildman–Crippen MR) is 73.1 cm³/mol. The minimum Gasteiger partial charge on any atom is -0.273 e. The molecule has 0 aliphatic heterocycles. The second kappa shape index (κ2) is 5.69. The molecule has 0 saturated carbocycles. The van der Waals surface area contributed by atoms with Crippen LogP contribution in [0.5, 0.6) is 0 Å². The lowest BCUT2D eigenvalue weighted by Crippen LogP contribution is -2.30. The van der Waals surface area contributed by atoms with Crippen LogP contribution in [0.25, 0.3) is 0 Å². The largest absolute Gasteiger partial charge is 0.273 e. The lowest BCUT2D eigenvalue weighted by atomic mass is 10.00. The first-order valence-corrected chi connectivity index (χ1v) is 6.29. The Balaban J connectivity index is 2.26. The lowest BCUT2D eigenvalue weighted by Gasteiger charge is -2.16. The quantitative estimate of drug-likeness (QED) is 0.668. The maximum Gasteiger partial charge on any atom is 0.127 e. The Morgan fingerprint density at radius 3 is 2.79 bits per heavy atom. The van der Waals surface area contributed by atoms with E-state index >= 15 is 0 Å². The lowest BCUT2D eigenvalue weighted by molar-refractivity contribution is 0.526. The number of aromatic nitrogens is 2. The number of nitrogens with two attached hydrogens (primary N) is 1. The summed E-state index contributed by atoms with van der Waals surface area (Å²) in [6.07, 6.45) is 2.18. The number of nitrogens with zero attached hydrogens (tertiary/aromatic N) is 2. The zero-order valence-electron chi connectivity index (χ0n) is 10.8. The molecule has 0 amide bonds. The molecule has 0 saturated heterocycles. The second-order valence-corrected chi connectivity index (χ2v) is 4.90. The summed E-state index contributed by atoms with van der Waals surface area (Å²) in [6, 6.07) is 4.46. The summed E-state index contributed by atoms with van der Waals surface area (Å²) >= 11 is 5.74. The molecular weight excluding hydrogens is 267 g/mol. The van der Waals surface area contributed by atoms with Crippen molar-refractivity contribution in [3.8, 4) is 0 Å². The topological polar surface area (TPSA) is 55.9 Å². The molecule has 0 radical (unpaired) electrons. The van der Waals surface area contributed by atoms with Gasteiger partial charge in [0.25, 0.3) is 0 Å². The van der Waals surface area contributed by atoms with Crippen molar-refractivity contribution in [3.63, 3.8) is 0 Å². The van der Waals surface area contributed by atoms with E-state index in [1.54, 1.807) is 23.0 Å². The zero-order valence-corrected chi connectivity index (χ0v) is 11.6. The number of nitrogens with one attached hydrogen (secondary N) is 1. The van der Waals surface area contributed by atoms with E-state index < -0.39 is 0 Å². The van der Waals surface area contributed by atoms with Gasteiger partial charge in [0.15, 0.2) is 0 Å². The third-order valence-electron chi connectivity index (χ3n) is 3.29. The van der Waals surface area contributed by atoms with Crippen molar-refractivity contribution in [1.29, 1.82) is 0 Å². The number of aryl methyl sites for hydroxylation is 1. The van der Waals surface area contributed by atoms with Crippen molar-refractivity contribution >= 4 is 11.6 Å². The van der Waals surface area contributed by atoms with Gasteiger partial charge in [-0.05, 0) is 31.0 Å². The summed E-state index contributed by atoms with van der Waals surface area (Å²) in [5.74, 6) is 5.25. The van der Waals surface area contributed by atoms with Crippen LogP contribution in [-0.2, 0) is 13.5 Å². The van der Waals surface area contributed by atoms with Crippen LogP contribution >= 0.6 is 11.6 Å². The molecule has 0 bridgehead atoms. The molecule has 4 nitrogen and oxygen atoms in total. The van der Waals surface area contributed by atoms with E-state index in [9.17, 15) is 4.39 Å². The third-order valence-corrected chi connectivity index (χ3v) is 3.52. The second-order valence-electron chi connectivity index (χ2n) is 4.47. The average Bonchev–Trinajstić information content (AvgIpc) is 2.70. The summed E-state index contributed by atoms with van der Waals surface area (Å²) < 4.78 is 15.6. The Kier molecular flexibility index (Phi) is 4.19. The highest BCUT2D eigenvalue weighted by Crippen LogP contribution is 2.23.